The van der Waals surface area contributed by atoms with Gasteiger partial charge in [-0.25, -0.2) is 0 Å². The van der Waals surface area contributed by atoms with Crippen LogP contribution in [0.1, 0.15) is 55.1 Å². The minimum atomic E-state index is 0.995. The van der Waals surface area contributed by atoms with Crippen molar-refractivity contribution in [3.63, 3.8) is 0 Å². The molecule has 2 radical (unpaired) electrons. The zero-order valence-corrected chi connectivity index (χ0v) is 19.1. The molecule has 0 atom stereocenters. The summed E-state index contributed by atoms with van der Waals surface area (Å²) in [4.78, 5) is 4.85. The van der Waals surface area contributed by atoms with E-state index in [9.17, 15) is 0 Å². The minimum absolute atomic E-state index is 0.995. The molecule has 3 heteroatoms. The van der Waals surface area contributed by atoms with Crippen LogP contribution in [-0.4, -0.2) is 18.2 Å². The zero-order valence-electron chi connectivity index (χ0n) is 19.1. The van der Waals surface area contributed by atoms with Crippen LogP contribution >= 0.6 is 0 Å². The number of hydrogen-bond acceptors (Lipinski definition) is 1. The van der Waals surface area contributed by atoms with Gasteiger partial charge < -0.3 is 4.48 Å². The summed E-state index contributed by atoms with van der Waals surface area (Å²) in [7, 11) is 6.78. The maximum Gasteiger partial charge on any atom is 0.234 e. The van der Waals surface area contributed by atoms with Crippen molar-refractivity contribution >= 4 is 30.5 Å². The number of hydrogen-bond donors (Lipinski definition) is 0. The van der Waals surface area contributed by atoms with Crippen LogP contribution in [0.2, 0.25) is 0 Å². The molecule has 1 aromatic heterocycles. The van der Waals surface area contributed by atoms with Crippen LogP contribution in [0, 0.1) is 27.7 Å². The van der Waals surface area contributed by atoms with E-state index in [-0.39, 0.29) is 0 Å². The summed E-state index contributed by atoms with van der Waals surface area (Å²) < 4.78 is 1.85. The van der Waals surface area contributed by atoms with Crippen LogP contribution in [0.3, 0.4) is 0 Å². The highest BCUT2D eigenvalue weighted by molar-refractivity contribution is 6.17. The minimum Gasteiger partial charge on any atom is -0.396 e. The number of aryl methyl sites for hydroxylation is 4. The van der Waals surface area contributed by atoms with Gasteiger partial charge in [0.15, 0.2) is 0 Å². The Bertz CT molecular complexity index is 1260. The largest absolute Gasteiger partial charge is 0.396 e. The van der Waals surface area contributed by atoms with E-state index >= 15 is 0 Å². The van der Waals surface area contributed by atoms with Crippen molar-refractivity contribution in [2.24, 2.45) is 4.99 Å². The average Bonchev–Trinajstić information content (AvgIpc) is 3.08. The molecule has 2 aromatic carbocycles. The molecule has 2 heterocycles. The number of rotatable bonds is 3. The quantitative estimate of drug-likeness (QED) is 0.427. The lowest BCUT2D eigenvalue weighted by molar-refractivity contribution is 1.15. The molecule has 0 fully saturated rings. The molecular formula is C27H29BN2. The molecule has 0 saturated heterocycles. The van der Waals surface area contributed by atoms with Crippen molar-refractivity contribution in [3.8, 4) is 11.3 Å². The van der Waals surface area contributed by atoms with E-state index in [4.69, 9.17) is 13.0 Å². The van der Waals surface area contributed by atoms with Gasteiger partial charge in [0, 0.05) is 27.9 Å². The summed E-state index contributed by atoms with van der Waals surface area (Å²) in [5.74, 6) is 0. The molecule has 1 aliphatic heterocycles. The Morgan fingerprint density at radius 3 is 2.03 bits per heavy atom. The van der Waals surface area contributed by atoms with E-state index in [1.807, 2.05) is 4.48 Å². The molecule has 150 valence electrons. The first-order valence-corrected chi connectivity index (χ1v) is 10.7. The second-order valence-corrected chi connectivity index (χ2v) is 8.65. The predicted octanol–water partition coefficient (Wildman–Crippen LogP) is 7.02. The van der Waals surface area contributed by atoms with Gasteiger partial charge in [0.1, 0.15) is 0 Å². The van der Waals surface area contributed by atoms with Crippen molar-refractivity contribution in [2.45, 2.75) is 54.9 Å². The van der Waals surface area contributed by atoms with Crippen LogP contribution in [0.15, 0.2) is 52.2 Å². The number of nitrogens with zero attached hydrogens (tertiary/aromatic N) is 2. The first kappa shape index (κ1) is 20.5. The number of benzene rings is 2. The van der Waals surface area contributed by atoms with Crippen LogP contribution in [0.5, 0.6) is 0 Å². The van der Waals surface area contributed by atoms with E-state index < -0.39 is 0 Å². The Balaban J connectivity index is 2.05. The third-order valence-electron chi connectivity index (χ3n) is 6.35. The molecule has 3 aromatic rings. The smallest absolute Gasteiger partial charge is 0.234 e. The molecule has 0 N–H and O–H groups in total. The fourth-order valence-corrected chi connectivity index (χ4v) is 4.71. The second-order valence-electron chi connectivity index (χ2n) is 8.65. The molecule has 0 bridgehead atoms. The zero-order chi connectivity index (χ0) is 21.7. The van der Waals surface area contributed by atoms with Crippen molar-refractivity contribution in [2.75, 3.05) is 0 Å². The van der Waals surface area contributed by atoms with Crippen molar-refractivity contribution in [1.82, 2.24) is 4.48 Å². The molecule has 0 unspecified atom stereocenters. The Kier molecular flexibility index (Phi) is 5.09. The monoisotopic (exact) mass is 392 g/mol. The van der Waals surface area contributed by atoms with Gasteiger partial charge in [-0.15, -0.1) is 0 Å². The first-order chi connectivity index (χ1) is 14.2. The molecule has 2 nitrogen and oxygen atoms in total. The molecule has 1 aliphatic rings. The van der Waals surface area contributed by atoms with E-state index in [0.717, 1.165) is 34.8 Å². The van der Waals surface area contributed by atoms with Gasteiger partial charge in [-0.2, -0.15) is 0 Å². The molecule has 0 aliphatic carbocycles. The second kappa shape index (κ2) is 7.47. The summed E-state index contributed by atoms with van der Waals surface area (Å²) in [6, 6.07) is 11.2. The molecule has 4 rings (SSSR count). The molecule has 0 saturated carbocycles. The third kappa shape index (κ3) is 3.27. The SMILES string of the molecule is [B]n1c(/C=C2\N=C(C)C(CC)=C2C)c2cc(C)c(C)cc2c1-c1cc(C)cc(C)c1. The van der Waals surface area contributed by atoms with Crippen molar-refractivity contribution < 1.29 is 0 Å². The van der Waals surface area contributed by atoms with Gasteiger partial charge in [0.05, 0.1) is 5.70 Å². The Morgan fingerprint density at radius 1 is 0.867 bits per heavy atom. The highest BCUT2D eigenvalue weighted by atomic mass is 14.9. The van der Waals surface area contributed by atoms with Gasteiger partial charge in [0.25, 0.3) is 0 Å². The van der Waals surface area contributed by atoms with Gasteiger partial charge in [0.2, 0.25) is 7.98 Å². The maximum atomic E-state index is 6.78. The van der Waals surface area contributed by atoms with Crippen molar-refractivity contribution in [1.29, 1.82) is 0 Å². The van der Waals surface area contributed by atoms with Gasteiger partial charge in [-0.3, -0.25) is 4.99 Å². The molecular weight excluding hydrogens is 363 g/mol. The fourth-order valence-electron chi connectivity index (χ4n) is 4.71. The standard InChI is InChI=1S/C27H29BN2/c1-8-22-19(6)25(29-20(22)7)14-26-23-12-17(4)18(5)13-24(23)27(30(26)28)21-10-15(2)9-16(3)11-21/h9-14H,8H2,1-7H3/b25-14-. The van der Waals surface area contributed by atoms with Crippen molar-refractivity contribution in [3.05, 3.63) is 75.1 Å². The number of fused-ring (bicyclic) bond motifs is 1. The van der Waals surface area contributed by atoms with Crippen LogP contribution in [0.4, 0.5) is 0 Å². The highest BCUT2D eigenvalue weighted by Crippen LogP contribution is 2.38. The van der Waals surface area contributed by atoms with Crippen LogP contribution in [0.25, 0.3) is 28.1 Å². The van der Waals surface area contributed by atoms with E-state index in [0.29, 0.717) is 0 Å². The Morgan fingerprint density at radius 2 is 1.47 bits per heavy atom. The average molecular weight is 392 g/mol. The fraction of sp³-hybridized carbons (Fsp3) is 0.296. The summed E-state index contributed by atoms with van der Waals surface area (Å²) >= 11 is 0. The van der Waals surface area contributed by atoms with Gasteiger partial charge in [-0.05, 0) is 106 Å². The van der Waals surface area contributed by atoms with E-state index in [1.54, 1.807) is 0 Å². The lowest BCUT2D eigenvalue weighted by atomic mass is 9.98. The first-order valence-electron chi connectivity index (χ1n) is 10.7. The third-order valence-corrected chi connectivity index (χ3v) is 6.35. The van der Waals surface area contributed by atoms with Gasteiger partial charge >= 0.3 is 0 Å². The lowest BCUT2D eigenvalue weighted by Gasteiger charge is -2.10. The summed E-state index contributed by atoms with van der Waals surface area (Å²) in [6.07, 6.45) is 3.15. The topological polar surface area (TPSA) is 17.3 Å². The summed E-state index contributed by atoms with van der Waals surface area (Å²) in [6.45, 7) is 15.0. The summed E-state index contributed by atoms with van der Waals surface area (Å²) in [5.41, 5.74) is 13.0. The number of allylic oxidation sites excluding steroid dienone is 2. The number of aliphatic imine (C=N–C) groups is 1. The highest BCUT2D eigenvalue weighted by Gasteiger charge is 2.20. The van der Waals surface area contributed by atoms with Crippen LogP contribution < -0.4 is 0 Å². The maximum absolute atomic E-state index is 6.78. The molecule has 30 heavy (non-hydrogen) atoms. The van der Waals surface area contributed by atoms with E-state index in [1.165, 1.54) is 44.2 Å². The Hall–Kier alpha value is -2.81. The Labute approximate surface area is 181 Å². The molecule has 0 spiro atoms. The summed E-state index contributed by atoms with van der Waals surface area (Å²) in [5, 5.41) is 2.36. The van der Waals surface area contributed by atoms with Gasteiger partial charge in [-0.1, -0.05) is 24.1 Å². The van der Waals surface area contributed by atoms with E-state index in [2.05, 4.69) is 84.9 Å². The number of aromatic nitrogens is 1. The lowest BCUT2D eigenvalue weighted by Crippen LogP contribution is -1.98. The normalized spacial score (nSPS) is 15.6. The predicted molar refractivity (Wildman–Crippen MR) is 132 cm³/mol. The molecule has 0 amide bonds. The van der Waals surface area contributed by atoms with Crippen LogP contribution in [-0.2, 0) is 0 Å².